The minimum absolute atomic E-state index is 0.0825. The Morgan fingerprint density at radius 2 is 1.76 bits per heavy atom. The van der Waals surface area contributed by atoms with Crippen LogP contribution >= 0.6 is 0 Å². The molecule has 0 radical (unpaired) electrons. The van der Waals surface area contributed by atoms with Crippen LogP contribution in [0, 0.1) is 11.8 Å². The molecule has 0 spiro atoms. The fourth-order valence-electron chi connectivity index (χ4n) is 2.63. The number of amides is 2. The van der Waals surface area contributed by atoms with E-state index in [9.17, 15) is 14.7 Å². The van der Waals surface area contributed by atoms with Crippen LogP contribution in [0.15, 0.2) is 54.6 Å². The molecule has 25 heavy (non-hydrogen) atoms. The van der Waals surface area contributed by atoms with Crippen LogP contribution in [0.4, 0.5) is 0 Å². The molecule has 0 heterocycles. The number of para-hydroxylation sites is 1. The van der Waals surface area contributed by atoms with Crippen molar-refractivity contribution in [2.45, 2.75) is 12.8 Å². The Balaban J connectivity index is 1.35. The molecule has 0 aliphatic heterocycles. The summed E-state index contributed by atoms with van der Waals surface area (Å²) in [6.45, 7) is 0.568. The highest BCUT2D eigenvalue weighted by Crippen LogP contribution is 2.41. The Bertz CT molecular complexity index is 731. The molecular weight excluding hydrogens is 320 g/mol. The second-order valence-corrected chi connectivity index (χ2v) is 6.04. The van der Waals surface area contributed by atoms with Gasteiger partial charge in [-0.15, -0.1) is 0 Å². The average Bonchev–Trinajstić information content (AvgIpc) is 3.40. The SMILES string of the molecule is O=C(NNC(=O)C1CC1CCOc1ccccc1)c1ccc(O)cc1. The molecule has 2 aromatic rings. The Labute approximate surface area is 145 Å². The first-order valence-corrected chi connectivity index (χ1v) is 8.20. The van der Waals surface area contributed by atoms with Gasteiger partial charge in [0.15, 0.2) is 0 Å². The topological polar surface area (TPSA) is 87.7 Å². The summed E-state index contributed by atoms with van der Waals surface area (Å²) in [5.41, 5.74) is 5.21. The molecule has 3 rings (SSSR count). The Morgan fingerprint density at radius 1 is 1.04 bits per heavy atom. The second-order valence-electron chi connectivity index (χ2n) is 6.04. The van der Waals surface area contributed by atoms with Crippen LogP contribution in [0.25, 0.3) is 0 Å². The van der Waals surface area contributed by atoms with Crippen molar-refractivity contribution in [1.82, 2.24) is 10.9 Å². The first-order chi connectivity index (χ1) is 12.1. The van der Waals surface area contributed by atoms with Gasteiger partial charge in [-0.3, -0.25) is 20.4 Å². The van der Waals surface area contributed by atoms with Crippen molar-refractivity contribution >= 4 is 11.8 Å². The zero-order chi connectivity index (χ0) is 17.6. The standard InChI is InChI=1S/C19H20N2O4/c22-15-8-6-13(7-9-15)18(23)20-21-19(24)17-12-14(17)10-11-25-16-4-2-1-3-5-16/h1-9,14,17,22H,10-12H2,(H,20,23)(H,21,24). The predicted molar refractivity (Wildman–Crippen MR) is 91.9 cm³/mol. The smallest absolute Gasteiger partial charge is 0.269 e. The number of hydrogen-bond donors (Lipinski definition) is 3. The molecule has 2 aromatic carbocycles. The third kappa shape index (κ3) is 4.73. The number of aromatic hydroxyl groups is 1. The Hall–Kier alpha value is -3.02. The first kappa shape index (κ1) is 16.8. The van der Waals surface area contributed by atoms with E-state index < -0.39 is 5.91 Å². The van der Waals surface area contributed by atoms with Gasteiger partial charge in [0.2, 0.25) is 5.91 Å². The van der Waals surface area contributed by atoms with E-state index in [-0.39, 0.29) is 23.5 Å². The van der Waals surface area contributed by atoms with Crippen LogP contribution in [-0.4, -0.2) is 23.5 Å². The van der Waals surface area contributed by atoms with Crippen LogP contribution in [0.2, 0.25) is 0 Å². The summed E-state index contributed by atoms with van der Waals surface area (Å²) in [6.07, 6.45) is 1.61. The normalized spacial score (nSPS) is 18.2. The van der Waals surface area contributed by atoms with E-state index in [2.05, 4.69) is 10.9 Å². The van der Waals surface area contributed by atoms with Crippen molar-refractivity contribution in [3.63, 3.8) is 0 Å². The highest BCUT2D eigenvalue weighted by molar-refractivity contribution is 5.95. The van der Waals surface area contributed by atoms with Gasteiger partial charge in [-0.2, -0.15) is 0 Å². The number of phenols is 1. The van der Waals surface area contributed by atoms with Crippen molar-refractivity contribution < 1.29 is 19.4 Å². The van der Waals surface area contributed by atoms with Gasteiger partial charge in [-0.25, -0.2) is 0 Å². The lowest BCUT2D eigenvalue weighted by Gasteiger charge is -2.08. The molecule has 0 aromatic heterocycles. The number of ether oxygens (including phenoxy) is 1. The maximum Gasteiger partial charge on any atom is 0.269 e. The van der Waals surface area contributed by atoms with E-state index in [4.69, 9.17) is 4.74 Å². The number of benzene rings is 2. The molecule has 0 bridgehead atoms. The van der Waals surface area contributed by atoms with Crippen LogP contribution < -0.4 is 15.6 Å². The summed E-state index contributed by atoms with van der Waals surface area (Å²) in [7, 11) is 0. The van der Waals surface area contributed by atoms with E-state index in [1.165, 1.54) is 24.3 Å². The third-order valence-electron chi connectivity index (χ3n) is 4.19. The van der Waals surface area contributed by atoms with E-state index >= 15 is 0 Å². The molecule has 0 saturated heterocycles. The molecule has 1 aliphatic carbocycles. The van der Waals surface area contributed by atoms with Gasteiger partial charge in [0.1, 0.15) is 11.5 Å². The van der Waals surface area contributed by atoms with E-state index in [0.29, 0.717) is 12.2 Å². The summed E-state index contributed by atoms with van der Waals surface area (Å²) >= 11 is 0. The lowest BCUT2D eigenvalue weighted by Crippen LogP contribution is -2.42. The van der Waals surface area contributed by atoms with Crippen LogP contribution in [-0.2, 0) is 4.79 Å². The second kappa shape index (κ2) is 7.70. The molecule has 2 unspecified atom stereocenters. The van der Waals surface area contributed by atoms with E-state index in [1.54, 1.807) is 0 Å². The number of hydrazine groups is 1. The van der Waals surface area contributed by atoms with Gasteiger partial charge in [0.05, 0.1) is 6.61 Å². The molecule has 6 nitrogen and oxygen atoms in total. The van der Waals surface area contributed by atoms with E-state index in [1.807, 2.05) is 30.3 Å². The molecule has 2 atom stereocenters. The van der Waals surface area contributed by atoms with Gasteiger partial charge in [0, 0.05) is 11.5 Å². The zero-order valence-corrected chi connectivity index (χ0v) is 13.6. The summed E-state index contributed by atoms with van der Waals surface area (Å²) in [4.78, 5) is 23.9. The highest BCUT2D eigenvalue weighted by Gasteiger charge is 2.42. The van der Waals surface area contributed by atoms with Crippen LogP contribution in [0.1, 0.15) is 23.2 Å². The zero-order valence-electron chi connectivity index (χ0n) is 13.6. The van der Waals surface area contributed by atoms with Crippen LogP contribution in [0.5, 0.6) is 11.5 Å². The third-order valence-corrected chi connectivity index (χ3v) is 4.19. The number of hydrogen-bond acceptors (Lipinski definition) is 4. The van der Waals surface area contributed by atoms with E-state index in [0.717, 1.165) is 18.6 Å². The predicted octanol–water partition coefficient (Wildman–Crippen LogP) is 2.26. The van der Waals surface area contributed by atoms with Crippen molar-refractivity contribution in [2.24, 2.45) is 11.8 Å². The number of phenolic OH excluding ortho intramolecular Hbond substituents is 1. The summed E-state index contributed by atoms with van der Waals surface area (Å²) in [5.74, 6) is 0.507. The fourth-order valence-corrected chi connectivity index (χ4v) is 2.63. The number of rotatable bonds is 6. The molecular formula is C19H20N2O4. The summed E-state index contributed by atoms with van der Waals surface area (Å²) < 4.78 is 5.63. The lowest BCUT2D eigenvalue weighted by molar-refractivity contribution is -0.123. The summed E-state index contributed by atoms with van der Waals surface area (Å²) in [5, 5.41) is 9.20. The lowest BCUT2D eigenvalue weighted by atomic mass is 10.2. The monoisotopic (exact) mass is 340 g/mol. The number of carbonyl (C=O) groups is 2. The van der Waals surface area contributed by atoms with Gasteiger partial charge < -0.3 is 9.84 Å². The largest absolute Gasteiger partial charge is 0.508 e. The van der Waals surface area contributed by atoms with Crippen molar-refractivity contribution in [1.29, 1.82) is 0 Å². The maximum absolute atomic E-state index is 12.0. The molecule has 1 aliphatic rings. The van der Waals surface area contributed by atoms with Crippen molar-refractivity contribution in [2.75, 3.05) is 6.61 Å². The first-order valence-electron chi connectivity index (χ1n) is 8.20. The van der Waals surface area contributed by atoms with Gasteiger partial charge in [0.25, 0.3) is 5.91 Å². The van der Waals surface area contributed by atoms with Gasteiger partial charge >= 0.3 is 0 Å². The molecule has 6 heteroatoms. The number of carbonyl (C=O) groups excluding carboxylic acids is 2. The quantitative estimate of drug-likeness (QED) is 0.704. The summed E-state index contributed by atoms with van der Waals surface area (Å²) in [6, 6.07) is 15.4. The van der Waals surface area contributed by atoms with Crippen molar-refractivity contribution in [3.05, 3.63) is 60.2 Å². The van der Waals surface area contributed by atoms with Gasteiger partial charge in [-0.1, -0.05) is 18.2 Å². The molecule has 1 fully saturated rings. The fraction of sp³-hybridized carbons (Fsp3) is 0.263. The number of nitrogens with one attached hydrogen (secondary N) is 2. The average molecular weight is 340 g/mol. The molecule has 3 N–H and O–H groups in total. The Morgan fingerprint density at radius 3 is 2.48 bits per heavy atom. The van der Waals surface area contributed by atoms with Crippen molar-refractivity contribution in [3.8, 4) is 11.5 Å². The minimum atomic E-state index is -0.419. The van der Waals surface area contributed by atoms with Gasteiger partial charge in [-0.05, 0) is 55.2 Å². The molecule has 1 saturated carbocycles. The maximum atomic E-state index is 12.0. The molecule has 2 amide bonds. The Kier molecular flexibility index (Phi) is 5.18. The minimum Gasteiger partial charge on any atom is -0.508 e. The molecule has 130 valence electrons. The highest BCUT2D eigenvalue weighted by atomic mass is 16.5. The van der Waals surface area contributed by atoms with Crippen LogP contribution in [0.3, 0.4) is 0 Å².